The number of aryl methyl sites for hydroxylation is 1. The molecule has 0 amide bonds. The van der Waals surface area contributed by atoms with E-state index < -0.39 is 0 Å². The fourth-order valence-corrected chi connectivity index (χ4v) is 3.13. The van der Waals surface area contributed by atoms with Gasteiger partial charge in [-0.25, -0.2) is 0 Å². The number of hydrogen-bond acceptors (Lipinski definition) is 2. The van der Waals surface area contributed by atoms with Gasteiger partial charge >= 0.3 is 0 Å². The van der Waals surface area contributed by atoms with E-state index in [1.807, 2.05) is 18.2 Å². The molecule has 1 aliphatic rings. The third kappa shape index (κ3) is 4.12. The summed E-state index contributed by atoms with van der Waals surface area (Å²) in [5, 5.41) is 4.33. The smallest absolute Gasteiger partial charge is 0.123 e. The first-order valence-corrected chi connectivity index (χ1v) is 7.71. The van der Waals surface area contributed by atoms with Crippen LogP contribution in [0.25, 0.3) is 0 Å². The Bertz CT molecular complexity index is 408. The Morgan fingerprint density at radius 1 is 1.37 bits per heavy atom. The molecule has 2 rings (SSSR count). The van der Waals surface area contributed by atoms with Gasteiger partial charge in [-0.3, -0.25) is 0 Å². The standard InChI is InChI=1S/C16H24ClNO/c1-3-18-15-6-4-5-13(15)9-10-19-16-11-14(17)8-7-12(16)2/h7-8,11,13,15,18H,3-6,9-10H2,1-2H3. The number of benzene rings is 1. The topological polar surface area (TPSA) is 21.3 Å². The predicted molar refractivity (Wildman–Crippen MR) is 81.1 cm³/mol. The van der Waals surface area contributed by atoms with Gasteiger partial charge < -0.3 is 10.1 Å². The van der Waals surface area contributed by atoms with Gasteiger partial charge in [-0.2, -0.15) is 0 Å². The molecular weight excluding hydrogens is 258 g/mol. The van der Waals surface area contributed by atoms with Crippen molar-refractivity contribution in [2.45, 2.75) is 45.6 Å². The van der Waals surface area contributed by atoms with E-state index in [-0.39, 0.29) is 0 Å². The molecule has 1 aromatic rings. The Labute approximate surface area is 121 Å². The third-order valence-corrected chi connectivity index (χ3v) is 4.26. The molecule has 1 fully saturated rings. The number of hydrogen-bond donors (Lipinski definition) is 1. The van der Waals surface area contributed by atoms with Crippen LogP contribution in [-0.4, -0.2) is 19.2 Å². The van der Waals surface area contributed by atoms with Crippen LogP contribution in [0.3, 0.4) is 0 Å². The Hall–Kier alpha value is -0.730. The van der Waals surface area contributed by atoms with E-state index in [1.165, 1.54) is 19.3 Å². The first-order valence-electron chi connectivity index (χ1n) is 7.33. The van der Waals surface area contributed by atoms with Crippen molar-refractivity contribution in [3.8, 4) is 5.75 Å². The van der Waals surface area contributed by atoms with Gasteiger partial charge in [0, 0.05) is 11.1 Å². The van der Waals surface area contributed by atoms with Crippen molar-refractivity contribution in [2.24, 2.45) is 5.92 Å². The molecule has 106 valence electrons. The minimum Gasteiger partial charge on any atom is -0.493 e. The second kappa shape index (κ2) is 7.16. The van der Waals surface area contributed by atoms with Gasteiger partial charge in [0.2, 0.25) is 0 Å². The number of halogens is 1. The minimum atomic E-state index is 0.689. The molecule has 3 heteroatoms. The van der Waals surface area contributed by atoms with Crippen molar-refractivity contribution in [1.82, 2.24) is 5.32 Å². The molecular formula is C16H24ClNO. The van der Waals surface area contributed by atoms with Crippen molar-refractivity contribution in [3.63, 3.8) is 0 Å². The molecule has 2 nitrogen and oxygen atoms in total. The van der Waals surface area contributed by atoms with Crippen LogP contribution in [0.4, 0.5) is 0 Å². The van der Waals surface area contributed by atoms with Crippen LogP contribution in [0.15, 0.2) is 18.2 Å². The molecule has 1 aromatic carbocycles. The molecule has 0 aliphatic heterocycles. The molecule has 1 saturated carbocycles. The van der Waals surface area contributed by atoms with Gasteiger partial charge in [-0.15, -0.1) is 0 Å². The third-order valence-electron chi connectivity index (χ3n) is 4.02. The summed E-state index contributed by atoms with van der Waals surface area (Å²) in [7, 11) is 0. The largest absolute Gasteiger partial charge is 0.493 e. The molecule has 0 radical (unpaired) electrons. The second-order valence-electron chi connectivity index (χ2n) is 5.40. The average Bonchev–Trinajstić information content (AvgIpc) is 2.82. The molecule has 1 aliphatic carbocycles. The van der Waals surface area contributed by atoms with Gasteiger partial charge in [0.05, 0.1) is 6.61 Å². The zero-order valence-corrected chi connectivity index (χ0v) is 12.7. The molecule has 0 heterocycles. The van der Waals surface area contributed by atoms with Crippen LogP contribution in [0.1, 0.15) is 38.2 Å². The van der Waals surface area contributed by atoms with E-state index in [0.717, 1.165) is 41.8 Å². The minimum absolute atomic E-state index is 0.689. The highest BCUT2D eigenvalue weighted by Gasteiger charge is 2.26. The van der Waals surface area contributed by atoms with Gasteiger partial charge in [-0.05, 0) is 56.3 Å². The maximum absolute atomic E-state index is 6.00. The molecule has 0 saturated heterocycles. The Morgan fingerprint density at radius 2 is 2.21 bits per heavy atom. The SMILES string of the molecule is CCNC1CCCC1CCOc1cc(Cl)ccc1C. The molecule has 0 aromatic heterocycles. The van der Waals surface area contributed by atoms with Crippen molar-refractivity contribution in [1.29, 1.82) is 0 Å². The van der Waals surface area contributed by atoms with Crippen LogP contribution in [0, 0.1) is 12.8 Å². The Morgan fingerprint density at radius 3 is 3.00 bits per heavy atom. The second-order valence-corrected chi connectivity index (χ2v) is 5.84. The summed E-state index contributed by atoms with van der Waals surface area (Å²) < 4.78 is 5.89. The number of ether oxygens (including phenoxy) is 1. The van der Waals surface area contributed by atoms with E-state index in [2.05, 4.69) is 19.2 Å². The number of nitrogens with one attached hydrogen (secondary N) is 1. The Kier molecular flexibility index (Phi) is 5.53. The van der Waals surface area contributed by atoms with E-state index in [9.17, 15) is 0 Å². The highest BCUT2D eigenvalue weighted by molar-refractivity contribution is 6.30. The van der Waals surface area contributed by atoms with Crippen molar-refractivity contribution >= 4 is 11.6 Å². The fraction of sp³-hybridized carbons (Fsp3) is 0.625. The molecule has 2 unspecified atom stereocenters. The van der Waals surface area contributed by atoms with E-state index in [0.29, 0.717) is 6.04 Å². The van der Waals surface area contributed by atoms with Crippen LogP contribution in [0.5, 0.6) is 5.75 Å². The van der Waals surface area contributed by atoms with Gasteiger partial charge in [0.1, 0.15) is 5.75 Å². The highest BCUT2D eigenvalue weighted by Crippen LogP contribution is 2.29. The first kappa shape index (κ1) is 14.7. The zero-order chi connectivity index (χ0) is 13.7. The molecule has 19 heavy (non-hydrogen) atoms. The summed E-state index contributed by atoms with van der Waals surface area (Å²) in [6.07, 6.45) is 5.12. The summed E-state index contributed by atoms with van der Waals surface area (Å²) in [6.45, 7) is 6.09. The van der Waals surface area contributed by atoms with Crippen molar-refractivity contribution in [2.75, 3.05) is 13.2 Å². The van der Waals surface area contributed by atoms with Gasteiger partial charge in [0.15, 0.2) is 0 Å². The predicted octanol–water partition coefficient (Wildman–Crippen LogP) is 4.20. The maximum Gasteiger partial charge on any atom is 0.123 e. The maximum atomic E-state index is 6.00. The van der Waals surface area contributed by atoms with E-state index >= 15 is 0 Å². The average molecular weight is 282 g/mol. The van der Waals surface area contributed by atoms with Gasteiger partial charge in [-0.1, -0.05) is 31.0 Å². The molecule has 0 spiro atoms. The number of rotatable bonds is 6. The summed E-state index contributed by atoms with van der Waals surface area (Å²) >= 11 is 6.00. The monoisotopic (exact) mass is 281 g/mol. The summed E-state index contributed by atoms with van der Waals surface area (Å²) in [4.78, 5) is 0. The van der Waals surface area contributed by atoms with E-state index in [1.54, 1.807) is 0 Å². The molecule has 0 bridgehead atoms. The van der Waals surface area contributed by atoms with Crippen molar-refractivity contribution in [3.05, 3.63) is 28.8 Å². The normalized spacial score (nSPS) is 22.7. The quantitative estimate of drug-likeness (QED) is 0.844. The highest BCUT2D eigenvalue weighted by atomic mass is 35.5. The lowest BCUT2D eigenvalue weighted by Crippen LogP contribution is -2.32. The zero-order valence-electron chi connectivity index (χ0n) is 11.9. The first-order chi connectivity index (χ1) is 9.20. The van der Waals surface area contributed by atoms with Crippen LogP contribution in [0.2, 0.25) is 5.02 Å². The van der Waals surface area contributed by atoms with Crippen LogP contribution < -0.4 is 10.1 Å². The van der Waals surface area contributed by atoms with Crippen LogP contribution in [-0.2, 0) is 0 Å². The lowest BCUT2D eigenvalue weighted by Gasteiger charge is -2.20. The molecule has 2 atom stereocenters. The summed E-state index contributed by atoms with van der Waals surface area (Å²) in [5.74, 6) is 1.69. The lowest BCUT2D eigenvalue weighted by molar-refractivity contribution is 0.260. The van der Waals surface area contributed by atoms with E-state index in [4.69, 9.17) is 16.3 Å². The summed E-state index contributed by atoms with van der Waals surface area (Å²) in [6, 6.07) is 6.51. The molecule has 1 N–H and O–H groups in total. The Balaban J connectivity index is 1.81. The van der Waals surface area contributed by atoms with Crippen molar-refractivity contribution < 1.29 is 4.74 Å². The van der Waals surface area contributed by atoms with Crippen LogP contribution >= 0.6 is 11.6 Å². The van der Waals surface area contributed by atoms with Gasteiger partial charge in [0.25, 0.3) is 0 Å². The summed E-state index contributed by atoms with van der Waals surface area (Å²) in [5.41, 5.74) is 1.15. The fourth-order valence-electron chi connectivity index (χ4n) is 2.96. The lowest BCUT2D eigenvalue weighted by atomic mass is 10.00.